The third-order valence-corrected chi connectivity index (χ3v) is 4.68. The maximum Gasteiger partial charge on any atom is 0.320 e. The molecule has 148 valence electrons. The number of nitrogen functional groups attached to an aromatic ring is 1. The van der Waals surface area contributed by atoms with Gasteiger partial charge in [0, 0.05) is 6.42 Å². The summed E-state index contributed by atoms with van der Waals surface area (Å²) >= 11 is 0. The highest BCUT2D eigenvalue weighted by atomic mass is 16.6. The van der Waals surface area contributed by atoms with Crippen LogP contribution in [0.25, 0.3) is 11.2 Å². The van der Waals surface area contributed by atoms with Gasteiger partial charge in [-0.25, -0.2) is 4.98 Å². The van der Waals surface area contributed by atoms with E-state index in [9.17, 15) is 15.3 Å². The van der Waals surface area contributed by atoms with Crippen molar-refractivity contribution in [2.24, 2.45) is 0 Å². The molecule has 1 saturated heterocycles. The molecule has 1 aliphatic heterocycles. The Kier molecular flexibility index (Phi) is 5.09. The van der Waals surface area contributed by atoms with E-state index in [4.69, 9.17) is 15.2 Å². The van der Waals surface area contributed by atoms with Crippen molar-refractivity contribution in [1.29, 1.82) is 0 Å². The van der Waals surface area contributed by atoms with Crippen LogP contribution < -0.4 is 10.5 Å². The number of aromatic nitrogens is 4. The van der Waals surface area contributed by atoms with E-state index in [1.54, 1.807) is 0 Å². The van der Waals surface area contributed by atoms with Gasteiger partial charge in [-0.15, -0.1) is 0 Å². The van der Waals surface area contributed by atoms with E-state index in [-0.39, 0.29) is 11.8 Å². The van der Waals surface area contributed by atoms with Gasteiger partial charge in [-0.1, -0.05) is 30.3 Å². The molecule has 1 fully saturated rings. The quantitative estimate of drug-likeness (QED) is 0.445. The number of fused-ring (bicyclic) bond motifs is 1. The molecule has 0 bridgehead atoms. The maximum absolute atomic E-state index is 10.3. The summed E-state index contributed by atoms with van der Waals surface area (Å²) in [6.45, 7) is -0.0662. The molecule has 3 heterocycles. The fourth-order valence-corrected chi connectivity index (χ4v) is 3.18. The number of hydrogen-bond donors (Lipinski definition) is 4. The minimum atomic E-state index is -1.26. The van der Waals surface area contributed by atoms with E-state index in [2.05, 4.69) is 15.0 Å². The third kappa shape index (κ3) is 3.38. The van der Waals surface area contributed by atoms with Crippen LogP contribution in [0.2, 0.25) is 0 Å². The van der Waals surface area contributed by atoms with Gasteiger partial charge in [0.2, 0.25) is 0 Å². The number of imidazole rings is 1. The minimum absolute atomic E-state index is 0.0782. The number of ether oxygens (including phenoxy) is 2. The second kappa shape index (κ2) is 7.68. The molecule has 4 atom stereocenters. The van der Waals surface area contributed by atoms with Gasteiger partial charge in [0.15, 0.2) is 23.2 Å². The van der Waals surface area contributed by atoms with Gasteiger partial charge in [-0.05, 0) is 5.56 Å². The normalized spacial score (nSPS) is 24.7. The molecule has 0 unspecified atom stereocenters. The van der Waals surface area contributed by atoms with Gasteiger partial charge in [-0.3, -0.25) is 4.57 Å². The number of hydrogen-bond acceptors (Lipinski definition) is 9. The van der Waals surface area contributed by atoms with Crippen LogP contribution in [-0.4, -0.2) is 66.4 Å². The first kappa shape index (κ1) is 18.6. The first-order valence-electron chi connectivity index (χ1n) is 8.87. The van der Waals surface area contributed by atoms with Crippen LogP contribution in [0.5, 0.6) is 6.01 Å². The number of nitrogens with two attached hydrogens (primary N) is 1. The Bertz CT molecular complexity index is 950. The zero-order chi connectivity index (χ0) is 19.7. The average molecular weight is 387 g/mol. The second-order valence-electron chi connectivity index (χ2n) is 6.53. The lowest BCUT2D eigenvalue weighted by molar-refractivity contribution is -0.0511. The summed E-state index contributed by atoms with van der Waals surface area (Å²) in [5, 5.41) is 29.5. The number of benzene rings is 1. The molecule has 1 aromatic carbocycles. The Balaban J connectivity index is 1.56. The van der Waals surface area contributed by atoms with Crippen molar-refractivity contribution >= 4 is 17.0 Å². The van der Waals surface area contributed by atoms with E-state index in [0.717, 1.165) is 5.56 Å². The van der Waals surface area contributed by atoms with Crippen LogP contribution >= 0.6 is 0 Å². The molecule has 0 amide bonds. The van der Waals surface area contributed by atoms with Crippen molar-refractivity contribution in [2.45, 2.75) is 31.0 Å². The summed E-state index contributed by atoms with van der Waals surface area (Å²) in [5.74, 6) is 0.130. The number of aliphatic hydroxyl groups excluding tert-OH is 3. The Morgan fingerprint density at radius 2 is 1.93 bits per heavy atom. The van der Waals surface area contributed by atoms with Gasteiger partial charge in [0.25, 0.3) is 0 Å². The molecule has 0 aliphatic carbocycles. The molecule has 0 radical (unpaired) electrons. The monoisotopic (exact) mass is 387 g/mol. The van der Waals surface area contributed by atoms with Crippen molar-refractivity contribution in [3.05, 3.63) is 42.2 Å². The van der Waals surface area contributed by atoms with Crippen LogP contribution in [0.15, 0.2) is 36.7 Å². The van der Waals surface area contributed by atoms with E-state index in [0.29, 0.717) is 24.2 Å². The third-order valence-electron chi connectivity index (χ3n) is 4.68. The number of rotatable bonds is 6. The first-order chi connectivity index (χ1) is 13.6. The summed E-state index contributed by atoms with van der Waals surface area (Å²) in [5.41, 5.74) is 7.72. The van der Waals surface area contributed by atoms with Crippen LogP contribution in [0.4, 0.5) is 5.82 Å². The SMILES string of the molecule is Nc1nc(OCCc2ccccc2)nc2c1ncn2[C@H]1O[C@H](CO)[C@@H](O)[C@H]1O. The zero-order valence-corrected chi connectivity index (χ0v) is 14.9. The van der Waals surface area contributed by atoms with Gasteiger partial charge in [0.05, 0.1) is 19.5 Å². The summed E-state index contributed by atoms with van der Waals surface area (Å²) in [4.78, 5) is 12.6. The molecular weight excluding hydrogens is 366 g/mol. The molecule has 10 heteroatoms. The fourth-order valence-electron chi connectivity index (χ4n) is 3.18. The summed E-state index contributed by atoms with van der Waals surface area (Å²) in [7, 11) is 0. The van der Waals surface area contributed by atoms with E-state index >= 15 is 0 Å². The average Bonchev–Trinajstić information content (AvgIpc) is 3.24. The number of anilines is 1. The lowest BCUT2D eigenvalue weighted by Crippen LogP contribution is -2.33. The predicted octanol–water partition coefficient (Wildman–Crippen LogP) is -0.359. The lowest BCUT2D eigenvalue weighted by atomic mass is 10.1. The van der Waals surface area contributed by atoms with Crippen LogP contribution in [0, 0.1) is 0 Å². The lowest BCUT2D eigenvalue weighted by Gasteiger charge is -2.16. The Morgan fingerprint density at radius 3 is 2.64 bits per heavy atom. The summed E-state index contributed by atoms with van der Waals surface area (Å²) in [6, 6.07) is 9.93. The molecule has 28 heavy (non-hydrogen) atoms. The van der Waals surface area contributed by atoms with Crippen molar-refractivity contribution < 1.29 is 24.8 Å². The van der Waals surface area contributed by atoms with Gasteiger partial charge in [-0.2, -0.15) is 9.97 Å². The van der Waals surface area contributed by atoms with Crippen LogP contribution in [0.3, 0.4) is 0 Å². The molecule has 5 N–H and O–H groups in total. The van der Waals surface area contributed by atoms with Crippen LogP contribution in [0.1, 0.15) is 11.8 Å². The predicted molar refractivity (Wildman–Crippen MR) is 98.4 cm³/mol. The summed E-state index contributed by atoms with van der Waals surface area (Å²) in [6.07, 6.45) is -2.29. The number of nitrogens with zero attached hydrogens (tertiary/aromatic N) is 4. The summed E-state index contributed by atoms with van der Waals surface area (Å²) < 4.78 is 12.6. The molecular formula is C18H21N5O5. The van der Waals surface area contributed by atoms with Gasteiger partial charge in [0.1, 0.15) is 18.3 Å². The topological polar surface area (TPSA) is 149 Å². The highest BCUT2D eigenvalue weighted by Crippen LogP contribution is 2.32. The molecule has 3 aromatic rings. The Morgan fingerprint density at radius 1 is 1.14 bits per heavy atom. The second-order valence-corrected chi connectivity index (χ2v) is 6.53. The fraction of sp³-hybridized carbons (Fsp3) is 0.389. The van der Waals surface area contributed by atoms with Crippen molar-refractivity contribution in [3.8, 4) is 6.01 Å². The van der Waals surface area contributed by atoms with Gasteiger partial charge >= 0.3 is 6.01 Å². The molecule has 1 aliphatic rings. The molecule has 10 nitrogen and oxygen atoms in total. The highest BCUT2D eigenvalue weighted by Gasteiger charge is 2.44. The van der Waals surface area contributed by atoms with E-state index in [1.165, 1.54) is 10.9 Å². The first-order valence-corrected chi connectivity index (χ1v) is 8.87. The Hall–Kier alpha value is -2.79. The van der Waals surface area contributed by atoms with Crippen molar-refractivity contribution in [2.75, 3.05) is 18.9 Å². The van der Waals surface area contributed by atoms with E-state index in [1.807, 2.05) is 30.3 Å². The van der Waals surface area contributed by atoms with Crippen molar-refractivity contribution in [3.63, 3.8) is 0 Å². The largest absolute Gasteiger partial charge is 0.463 e. The standard InChI is InChI=1S/C18H21N5O5/c19-15-12-16(22-18(21-15)27-7-6-10-4-2-1-3-5-10)23(9-20-12)17-14(26)13(25)11(8-24)28-17/h1-5,9,11,13-14,17,24-26H,6-8H2,(H2,19,21,22)/t11-,13-,14-,17+/m1/s1. The van der Waals surface area contributed by atoms with Crippen molar-refractivity contribution in [1.82, 2.24) is 19.5 Å². The molecule has 2 aromatic heterocycles. The smallest absolute Gasteiger partial charge is 0.320 e. The molecule has 4 rings (SSSR count). The molecule has 0 spiro atoms. The van der Waals surface area contributed by atoms with Crippen LogP contribution in [-0.2, 0) is 11.2 Å². The maximum atomic E-state index is 10.3. The van der Waals surface area contributed by atoms with Gasteiger partial charge < -0.3 is 30.5 Å². The Labute approximate surface area is 160 Å². The number of aliphatic hydroxyl groups is 3. The molecule has 0 saturated carbocycles. The zero-order valence-electron chi connectivity index (χ0n) is 14.9. The van der Waals surface area contributed by atoms with E-state index < -0.39 is 31.1 Å². The minimum Gasteiger partial charge on any atom is -0.463 e. The highest BCUT2D eigenvalue weighted by molar-refractivity contribution is 5.82.